The Labute approximate surface area is 149 Å². The van der Waals surface area contributed by atoms with Gasteiger partial charge in [-0.3, -0.25) is 9.69 Å². The number of benzene rings is 2. The van der Waals surface area contributed by atoms with Crippen molar-refractivity contribution in [2.45, 2.75) is 6.54 Å². The lowest BCUT2D eigenvalue weighted by Gasteiger charge is -2.15. The van der Waals surface area contributed by atoms with Gasteiger partial charge in [-0.2, -0.15) is 5.10 Å². The van der Waals surface area contributed by atoms with Gasteiger partial charge in [0.05, 0.1) is 25.6 Å². The number of nitrogens with zero attached hydrogens (tertiary/aromatic N) is 3. The molecule has 0 radical (unpaired) electrons. The highest BCUT2D eigenvalue weighted by Gasteiger charge is 2.28. The van der Waals surface area contributed by atoms with E-state index in [9.17, 15) is 9.18 Å². The van der Waals surface area contributed by atoms with Crippen LogP contribution in [0.1, 0.15) is 11.1 Å². The van der Waals surface area contributed by atoms with Gasteiger partial charge < -0.3 is 4.74 Å². The number of carbonyl (C=O) groups is 1. The summed E-state index contributed by atoms with van der Waals surface area (Å²) < 4.78 is 18.1. The third-order valence-corrected chi connectivity index (χ3v) is 4.53. The summed E-state index contributed by atoms with van der Waals surface area (Å²) in [6.07, 6.45) is 1.62. The molecule has 0 atom stereocenters. The summed E-state index contributed by atoms with van der Waals surface area (Å²) in [7, 11) is 1.61. The van der Waals surface area contributed by atoms with E-state index >= 15 is 0 Å². The van der Waals surface area contributed by atoms with Gasteiger partial charge in [-0.05, 0) is 47.5 Å². The SMILES string of the molecule is COc1ccc(/C=N\N=C2/SCC(=O)N2Cc2ccc(F)cc2)cc1. The summed E-state index contributed by atoms with van der Waals surface area (Å²) in [6.45, 7) is 0.350. The molecule has 1 aliphatic rings. The lowest BCUT2D eigenvalue weighted by molar-refractivity contribution is -0.124. The Balaban J connectivity index is 1.70. The predicted molar refractivity (Wildman–Crippen MR) is 97.4 cm³/mol. The number of carbonyl (C=O) groups excluding carboxylic acids is 1. The van der Waals surface area contributed by atoms with E-state index in [1.54, 1.807) is 30.4 Å². The molecule has 0 saturated carbocycles. The minimum atomic E-state index is -0.302. The highest BCUT2D eigenvalue weighted by molar-refractivity contribution is 8.15. The molecule has 1 heterocycles. The lowest BCUT2D eigenvalue weighted by Crippen LogP contribution is -2.28. The second-order valence-electron chi connectivity index (χ2n) is 5.30. The van der Waals surface area contributed by atoms with Gasteiger partial charge >= 0.3 is 0 Å². The number of amidine groups is 1. The number of amides is 1. The molecule has 0 unspecified atom stereocenters. The number of halogens is 1. The first kappa shape index (κ1) is 17.2. The van der Waals surface area contributed by atoms with Crippen LogP contribution in [-0.4, -0.2) is 35.1 Å². The van der Waals surface area contributed by atoms with Crippen LogP contribution in [0.25, 0.3) is 0 Å². The van der Waals surface area contributed by atoms with Crippen molar-refractivity contribution >= 4 is 29.1 Å². The first-order chi connectivity index (χ1) is 12.2. The Morgan fingerprint density at radius 2 is 1.92 bits per heavy atom. The van der Waals surface area contributed by atoms with Gasteiger partial charge in [-0.25, -0.2) is 4.39 Å². The number of thioether (sulfide) groups is 1. The fourth-order valence-electron chi connectivity index (χ4n) is 2.23. The Hall–Kier alpha value is -2.67. The van der Waals surface area contributed by atoms with Crippen LogP contribution in [0, 0.1) is 5.82 Å². The van der Waals surface area contributed by atoms with Crippen LogP contribution in [0.2, 0.25) is 0 Å². The zero-order valence-corrected chi connectivity index (χ0v) is 14.4. The Morgan fingerprint density at radius 1 is 1.20 bits per heavy atom. The van der Waals surface area contributed by atoms with Crippen molar-refractivity contribution in [2.75, 3.05) is 12.9 Å². The minimum absolute atomic E-state index is 0.0345. The standard InChI is InChI=1S/C18H16FN3O2S/c1-24-16-8-4-13(5-9-16)10-20-21-18-22(17(23)12-25-18)11-14-2-6-15(19)7-3-14/h2-10H,11-12H2,1H3/b20-10-,21-18-. The fourth-order valence-corrected chi connectivity index (χ4v) is 3.07. The molecule has 25 heavy (non-hydrogen) atoms. The van der Waals surface area contributed by atoms with Crippen molar-refractivity contribution in [3.8, 4) is 5.75 Å². The topological polar surface area (TPSA) is 54.3 Å². The molecule has 2 aromatic carbocycles. The van der Waals surface area contributed by atoms with Crippen LogP contribution in [0.15, 0.2) is 58.7 Å². The molecule has 0 aliphatic carbocycles. The first-order valence-electron chi connectivity index (χ1n) is 7.58. The normalized spacial score (nSPS) is 16.2. The second kappa shape index (κ2) is 7.94. The van der Waals surface area contributed by atoms with E-state index in [1.807, 2.05) is 24.3 Å². The average Bonchev–Trinajstić information content (AvgIpc) is 2.98. The molecule has 1 fully saturated rings. The van der Waals surface area contributed by atoms with Gasteiger partial charge in [0, 0.05) is 0 Å². The van der Waals surface area contributed by atoms with Crippen molar-refractivity contribution in [3.05, 3.63) is 65.5 Å². The molecule has 3 rings (SSSR count). The van der Waals surface area contributed by atoms with Gasteiger partial charge in [-0.1, -0.05) is 23.9 Å². The lowest BCUT2D eigenvalue weighted by atomic mass is 10.2. The van der Waals surface area contributed by atoms with Crippen LogP contribution in [-0.2, 0) is 11.3 Å². The van der Waals surface area contributed by atoms with Crippen LogP contribution in [0.5, 0.6) is 5.75 Å². The third kappa shape index (κ3) is 4.45. The molecule has 0 bridgehead atoms. The molecule has 0 N–H and O–H groups in total. The van der Waals surface area contributed by atoms with E-state index in [0.29, 0.717) is 17.5 Å². The summed E-state index contributed by atoms with van der Waals surface area (Å²) in [5.41, 5.74) is 1.72. The number of hydrogen-bond acceptors (Lipinski definition) is 5. The largest absolute Gasteiger partial charge is 0.497 e. The zero-order chi connectivity index (χ0) is 17.6. The molecular weight excluding hydrogens is 341 g/mol. The van der Waals surface area contributed by atoms with Crippen molar-refractivity contribution in [1.82, 2.24) is 4.90 Å². The number of methoxy groups -OCH3 is 1. The van der Waals surface area contributed by atoms with Crippen molar-refractivity contribution in [1.29, 1.82) is 0 Å². The van der Waals surface area contributed by atoms with Crippen LogP contribution in [0.3, 0.4) is 0 Å². The van der Waals surface area contributed by atoms with E-state index in [4.69, 9.17) is 4.74 Å². The van der Waals surface area contributed by atoms with Gasteiger partial charge in [0.1, 0.15) is 11.6 Å². The zero-order valence-electron chi connectivity index (χ0n) is 13.6. The summed E-state index contributed by atoms with van der Waals surface area (Å²) in [4.78, 5) is 13.6. The summed E-state index contributed by atoms with van der Waals surface area (Å²) in [5.74, 6) is 0.764. The van der Waals surface area contributed by atoms with E-state index < -0.39 is 0 Å². The average molecular weight is 357 g/mol. The molecule has 1 amide bonds. The van der Waals surface area contributed by atoms with Crippen molar-refractivity contribution in [2.24, 2.45) is 10.2 Å². The summed E-state index contributed by atoms with van der Waals surface area (Å²) in [6, 6.07) is 13.5. The monoisotopic (exact) mass is 357 g/mol. The Kier molecular flexibility index (Phi) is 5.45. The minimum Gasteiger partial charge on any atom is -0.497 e. The predicted octanol–water partition coefficient (Wildman–Crippen LogP) is 3.30. The summed E-state index contributed by atoms with van der Waals surface area (Å²) >= 11 is 1.34. The van der Waals surface area contributed by atoms with E-state index in [-0.39, 0.29) is 11.7 Å². The molecular formula is C18H16FN3O2S. The Bertz CT molecular complexity index is 804. The van der Waals surface area contributed by atoms with E-state index in [2.05, 4.69) is 10.2 Å². The maximum absolute atomic E-state index is 13.0. The molecule has 0 spiro atoms. The van der Waals surface area contributed by atoms with Gasteiger partial charge in [0.15, 0.2) is 5.17 Å². The molecule has 7 heteroatoms. The highest BCUT2D eigenvalue weighted by Crippen LogP contribution is 2.22. The molecule has 0 aromatic heterocycles. The molecule has 1 aliphatic heterocycles. The van der Waals surface area contributed by atoms with E-state index in [0.717, 1.165) is 16.9 Å². The number of hydrogen-bond donors (Lipinski definition) is 0. The maximum Gasteiger partial charge on any atom is 0.239 e. The van der Waals surface area contributed by atoms with Crippen molar-refractivity contribution < 1.29 is 13.9 Å². The van der Waals surface area contributed by atoms with Gasteiger partial charge in [0.25, 0.3) is 0 Å². The van der Waals surface area contributed by atoms with Crippen LogP contribution in [0.4, 0.5) is 4.39 Å². The fraction of sp³-hybridized carbons (Fsp3) is 0.167. The van der Waals surface area contributed by atoms with Gasteiger partial charge in [0.2, 0.25) is 5.91 Å². The number of rotatable bonds is 5. The molecule has 128 valence electrons. The first-order valence-corrected chi connectivity index (χ1v) is 8.57. The quantitative estimate of drug-likeness (QED) is 0.609. The smallest absolute Gasteiger partial charge is 0.239 e. The highest BCUT2D eigenvalue weighted by atomic mass is 32.2. The number of ether oxygens (including phenoxy) is 1. The summed E-state index contributed by atoms with van der Waals surface area (Å²) in [5, 5.41) is 8.76. The molecule has 5 nitrogen and oxygen atoms in total. The van der Waals surface area contributed by atoms with Crippen LogP contribution < -0.4 is 4.74 Å². The molecule has 2 aromatic rings. The Morgan fingerprint density at radius 3 is 2.60 bits per heavy atom. The maximum atomic E-state index is 13.0. The third-order valence-electron chi connectivity index (χ3n) is 3.58. The van der Waals surface area contributed by atoms with Crippen LogP contribution >= 0.6 is 11.8 Å². The van der Waals surface area contributed by atoms with E-state index in [1.165, 1.54) is 23.9 Å². The molecule has 1 saturated heterocycles. The van der Waals surface area contributed by atoms with Gasteiger partial charge in [-0.15, -0.1) is 5.10 Å². The second-order valence-corrected chi connectivity index (χ2v) is 6.24. The van der Waals surface area contributed by atoms with Crippen molar-refractivity contribution in [3.63, 3.8) is 0 Å².